The molecule has 3 rings (SSSR count). The molecule has 21 heavy (non-hydrogen) atoms. The summed E-state index contributed by atoms with van der Waals surface area (Å²) in [6.45, 7) is 0. The number of aromatic hydroxyl groups is 1. The van der Waals surface area contributed by atoms with Crippen LogP contribution < -0.4 is 0 Å². The second-order valence-corrected chi connectivity index (χ2v) is 5.21. The standard InChI is InChI=1S/C14H11FN4OS/c15-13-4-2-1-3-10(13)9-21-14-16-17-18-19(14)11-5-7-12(20)8-6-11/h1-8,20H,9H2. The molecule has 2 aromatic carbocycles. The number of phenols is 1. The Hall–Kier alpha value is -2.41. The molecule has 0 aliphatic heterocycles. The summed E-state index contributed by atoms with van der Waals surface area (Å²) < 4.78 is 15.1. The minimum Gasteiger partial charge on any atom is -0.508 e. The summed E-state index contributed by atoms with van der Waals surface area (Å²) in [5.74, 6) is 0.367. The number of halogens is 1. The van der Waals surface area contributed by atoms with Crippen LogP contribution in [0.1, 0.15) is 5.56 Å². The highest BCUT2D eigenvalue weighted by molar-refractivity contribution is 7.98. The third-order valence-corrected chi connectivity index (χ3v) is 3.82. The summed E-state index contributed by atoms with van der Waals surface area (Å²) in [5, 5.41) is 21.3. The fraction of sp³-hybridized carbons (Fsp3) is 0.0714. The van der Waals surface area contributed by atoms with E-state index in [9.17, 15) is 9.50 Å². The molecule has 0 radical (unpaired) electrons. The fourth-order valence-electron chi connectivity index (χ4n) is 1.78. The van der Waals surface area contributed by atoms with E-state index in [0.717, 1.165) is 5.69 Å². The lowest BCUT2D eigenvalue weighted by Gasteiger charge is -2.05. The van der Waals surface area contributed by atoms with E-state index in [0.29, 0.717) is 16.5 Å². The van der Waals surface area contributed by atoms with Crippen molar-refractivity contribution in [3.8, 4) is 11.4 Å². The number of hydrogen-bond donors (Lipinski definition) is 1. The van der Waals surface area contributed by atoms with E-state index in [4.69, 9.17) is 0 Å². The normalized spacial score (nSPS) is 10.7. The van der Waals surface area contributed by atoms with Crippen molar-refractivity contribution in [3.63, 3.8) is 0 Å². The Morgan fingerprint density at radius 2 is 1.86 bits per heavy atom. The van der Waals surface area contributed by atoms with E-state index in [2.05, 4.69) is 15.5 Å². The maximum absolute atomic E-state index is 13.6. The molecule has 0 aliphatic carbocycles. The smallest absolute Gasteiger partial charge is 0.214 e. The predicted octanol–water partition coefficient (Wildman–Crippen LogP) is 2.80. The Morgan fingerprint density at radius 1 is 1.10 bits per heavy atom. The average molecular weight is 302 g/mol. The zero-order valence-electron chi connectivity index (χ0n) is 10.8. The maximum atomic E-state index is 13.6. The topological polar surface area (TPSA) is 63.8 Å². The SMILES string of the molecule is Oc1ccc(-n2nnnc2SCc2ccccc2F)cc1. The monoisotopic (exact) mass is 302 g/mol. The molecular weight excluding hydrogens is 291 g/mol. The quantitative estimate of drug-likeness (QED) is 0.751. The highest BCUT2D eigenvalue weighted by atomic mass is 32.2. The molecular formula is C14H11FN4OS. The Bertz CT molecular complexity index is 745. The molecule has 1 N–H and O–H groups in total. The second-order valence-electron chi connectivity index (χ2n) is 4.27. The lowest BCUT2D eigenvalue weighted by molar-refractivity contribution is 0.475. The zero-order chi connectivity index (χ0) is 14.7. The number of nitrogens with zero attached hydrogens (tertiary/aromatic N) is 4. The van der Waals surface area contributed by atoms with Crippen LogP contribution >= 0.6 is 11.8 Å². The second kappa shape index (κ2) is 5.92. The van der Waals surface area contributed by atoms with Crippen molar-refractivity contribution in [1.29, 1.82) is 0 Å². The molecule has 106 valence electrons. The minimum atomic E-state index is -0.242. The number of hydrogen-bond acceptors (Lipinski definition) is 5. The van der Waals surface area contributed by atoms with E-state index in [-0.39, 0.29) is 11.6 Å². The van der Waals surface area contributed by atoms with E-state index in [1.807, 2.05) is 0 Å². The van der Waals surface area contributed by atoms with Gasteiger partial charge in [0.1, 0.15) is 11.6 Å². The van der Waals surface area contributed by atoms with Gasteiger partial charge >= 0.3 is 0 Å². The molecule has 1 heterocycles. The lowest BCUT2D eigenvalue weighted by atomic mass is 10.2. The lowest BCUT2D eigenvalue weighted by Crippen LogP contribution is -1.99. The number of rotatable bonds is 4. The van der Waals surface area contributed by atoms with Gasteiger partial charge in [-0.15, -0.1) is 5.10 Å². The van der Waals surface area contributed by atoms with Gasteiger partial charge in [0.25, 0.3) is 0 Å². The van der Waals surface area contributed by atoms with E-state index >= 15 is 0 Å². The van der Waals surface area contributed by atoms with Crippen LogP contribution in [0.3, 0.4) is 0 Å². The Morgan fingerprint density at radius 3 is 2.62 bits per heavy atom. The number of benzene rings is 2. The molecule has 0 fully saturated rings. The fourth-order valence-corrected chi connectivity index (χ4v) is 2.66. The van der Waals surface area contributed by atoms with Crippen LogP contribution in [0, 0.1) is 5.82 Å². The van der Waals surface area contributed by atoms with E-state index in [1.54, 1.807) is 47.1 Å². The van der Waals surface area contributed by atoms with Gasteiger partial charge in [0.05, 0.1) is 5.69 Å². The van der Waals surface area contributed by atoms with Gasteiger partial charge in [-0.2, -0.15) is 4.68 Å². The van der Waals surface area contributed by atoms with E-state index < -0.39 is 0 Å². The minimum absolute atomic E-state index is 0.174. The van der Waals surface area contributed by atoms with Crippen LogP contribution in [-0.4, -0.2) is 25.3 Å². The van der Waals surface area contributed by atoms with Crippen LogP contribution in [0.25, 0.3) is 5.69 Å². The zero-order valence-corrected chi connectivity index (χ0v) is 11.7. The van der Waals surface area contributed by atoms with Crippen molar-refractivity contribution in [1.82, 2.24) is 20.2 Å². The summed E-state index contributed by atoms with van der Waals surface area (Å²) in [7, 11) is 0. The first-order chi connectivity index (χ1) is 10.2. The molecule has 1 aromatic heterocycles. The van der Waals surface area contributed by atoms with Crippen LogP contribution in [0.5, 0.6) is 5.75 Å². The Balaban J connectivity index is 1.80. The van der Waals surface area contributed by atoms with Crippen molar-refractivity contribution in [2.75, 3.05) is 0 Å². The summed E-state index contributed by atoms with van der Waals surface area (Å²) in [5.41, 5.74) is 1.33. The number of thioether (sulfide) groups is 1. The molecule has 0 saturated heterocycles. The first kappa shape index (κ1) is 13.6. The van der Waals surface area contributed by atoms with Gasteiger partial charge < -0.3 is 5.11 Å². The number of phenolic OH excluding ortho intramolecular Hbond substituents is 1. The first-order valence-corrected chi connectivity index (χ1v) is 7.16. The molecule has 7 heteroatoms. The van der Waals surface area contributed by atoms with E-state index in [1.165, 1.54) is 17.8 Å². The molecule has 0 spiro atoms. The summed E-state index contributed by atoms with van der Waals surface area (Å²) >= 11 is 1.34. The van der Waals surface area contributed by atoms with Crippen LogP contribution in [0.15, 0.2) is 53.7 Å². The van der Waals surface area contributed by atoms with Gasteiger partial charge in [0.2, 0.25) is 5.16 Å². The summed E-state index contributed by atoms with van der Waals surface area (Å²) in [6, 6.07) is 13.1. The Kier molecular flexibility index (Phi) is 3.83. The van der Waals surface area contributed by atoms with Gasteiger partial charge in [0, 0.05) is 5.75 Å². The van der Waals surface area contributed by atoms with Crippen molar-refractivity contribution in [2.24, 2.45) is 0 Å². The third kappa shape index (κ3) is 3.03. The van der Waals surface area contributed by atoms with Crippen molar-refractivity contribution in [2.45, 2.75) is 10.9 Å². The maximum Gasteiger partial charge on any atom is 0.214 e. The molecule has 0 aliphatic rings. The molecule has 0 atom stereocenters. The summed E-state index contributed by atoms with van der Waals surface area (Å²) in [6.07, 6.45) is 0. The highest BCUT2D eigenvalue weighted by Crippen LogP contribution is 2.24. The van der Waals surface area contributed by atoms with Gasteiger partial charge in [-0.05, 0) is 46.3 Å². The molecule has 5 nitrogen and oxygen atoms in total. The highest BCUT2D eigenvalue weighted by Gasteiger charge is 2.10. The molecule has 0 bridgehead atoms. The largest absolute Gasteiger partial charge is 0.508 e. The molecule has 0 saturated carbocycles. The predicted molar refractivity (Wildman–Crippen MR) is 76.8 cm³/mol. The van der Waals surface area contributed by atoms with Crippen molar-refractivity contribution >= 4 is 11.8 Å². The Labute approximate surface area is 124 Å². The van der Waals surface area contributed by atoms with Gasteiger partial charge in [0.15, 0.2) is 0 Å². The molecule has 0 unspecified atom stereocenters. The van der Waals surface area contributed by atoms with Crippen LogP contribution in [0.2, 0.25) is 0 Å². The first-order valence-electron chi connectivity index (χ1n) is 6.18. The summed E-state index contributed by atoms with van der Waals surface area (Å²) in [4.78, 5) is 0. The average Bonchev–Trinajstić information content (AvgIpc) is 2.96. The molecule has 3 aromatic rings. The van der Waals surface area contributed by atoms with Gasteiger partial charge in [-0.1, -0.05) is 30.0 Å². The third-order valence-electron chi connectivity index (χ3n) is 2.85. The van der Waals surface area contributed by atoms with Gasteiger partial charge in [-0.25, -0.2) is 4.39 Å². The number of tetrazole rings is 1. The number of aromatic nitrogens is 4. The van der Waals surface area contributed by atoms with Gasteiger partial charge in [-0.3, -0.25) is 0 Å². The van der Waals surface area contributed by atoms with Crippen LogP contribution in [-0.2, 0) is 5.75 Å². The van der Waals surface area contributed by atoms with Crippen molar-refractivity contribution < 1.29 is 9.50 Å². The van der Waals surface area contributed by atoms with Crippen molar-refractivity contribution in [3.05, 3.63) is 59.9 Å². The molecule has 0 amide bonds. The van der Waals surface area contributed by atoms with Crippen LogP contribution in [0.4, 0.5) is 4.39 Å².